The number of methoxy groups -OCH3 is 1. The first-order valence-electron chi connectivity index (χ1n) is 8.60. The van der Waals surface area contributed by atoms with Crippen LogP contribution < -0.4 is 20.1 Å². The van der Waals surface area contributed by atoms with Crippen molar-refractivity contribution in [1.82, 2.24) is 10.6 Å². The van der Waals surface area contributed by atoms with Gasteiger partial charge in [-0.1, -0.05) is 30.3 Å². The lowest BCUT2D eigenvalue weighted by molar-refractivity contribution is 0.235. The molecule has 0 bridgehead atoms. The van der Waals surface area contributed by atoms with E-state index in [2.05, 4.69) is 39.9 Å². The summed E-state index contributed by atoms with van der Waals surface area (Å²) in [7, 11) is 3.46. The van der Waals surface area contributed by atoms with Gasteiger partial charge in [-0.3, -0.25) is 4.99 Å². The molecular formula is C20H25N3O2. The molecule has 3 rings (SSSR count). The summed E-state index contributed by atoms with van der Waals surface area (Å²) in [6.45, 7) is 1.55. The van der Waals surface area contributed by atoms with Crippen molar-refractivity contribution in [1.29, 1.82) is 0 Å². The number of rotatable bonds is 6. The highest BCUT2D eigenvalue weighted by molar-refractivity contribution is 5.79. The summed E-state index contributed by atoms with van der Waals surface area (Å²) in [4.78, 5) is 4.28. The van der Waals surface area contributed by atoms with E-state index in [9.17, 15) is 0 Å². The Morgan fingerprint density at radius 2 is 1.96 bits per heavy atom. The number of aliphatic imine (C=N–C) groups is 1. The van der Waals surface area contributed by atoms with E-state index in [1.807, 2.05) is 24.3 Å². The largest absolute Gasteiger partial charge is 0.497 e. The fraction of sp³-hybridized carbons (Fsp3) is 0.350. The number of nitrogens with one attached hydrogen (secondary N) is 2. The van der Waals surface area contributed by atoms with Crippen molar-refractivity contribution in [2.45, 2.75) is 18.9 Å². The van der Waals surface area contributed by atoms with Crippen LogP contribution in [0.3, 0.4) is 0 Å². The lowest BCUT2D eigenvalue weighted by atomic mass is 10.1. The number of hydrogen-bond donors (Lipinski definition) is 2. The average Bonchev–Trinajstić information content (AvgIpc) is 3.08. The van der Waals surface area contributed by atoms with Gasteiger partial charge in [0.2, 0.25) is 0 Å². The van der Waals surface area contributed by atoms with Crippen molar-refractivity contribution in [3.05, 3.63) is 59.7 Å². The molecule has 5 nitrogen and oxygen atoms in total. The quantitative estimate of drug-likeness (QED) is 0.627. The Balaban J connectivity index is 1.40. The third kappa shape index (κ3) is 4.66. The van der Waals surface area contributed by atoms with Gasteiger partial charge in [-0.15, -0.1) is 0 Å². The van der Waals surface area contributed by atoms with E-state index in [4.69, 9.17) is 9.47 Å². The number of nitrogens with zero attached hydrogens (tertiary/aromatic N) is 1. The van der Waals surface area contributed by atoms with E-state index >= 15 is 0 Å². The number of hydrogen-bond acceptors (Lipinski definition) is 3. The van der Waals surface area contributed by atoms with Gasteiger partial charge < -0.3 is 20.1 Å². The molecule has 1 atom stereocenters. The van der Waals surface area contributed by atoms with E-state index in [0.29, 0.717) is 0 Å². The van der Waals surface area contributed by atoms with Crippen LogP contribution in [0.25, 0.3) is 0 Å². The maximum absolute atomic E-state index is 5.94. The summed E-state index contributed by atoms with van der Waals surface area (Å²) >= 11 is 0. The van der Waals surface area contributed by atoms with Gasteiger partial charge in [0.25, 0.3) is 0 Å². The molecule has 1 heterocycles. The van der Waals surface area contributed by atoms with Crippen molar-refractivity contribution in [3.63, 3.8) is 0 Å². The van der Waals surface area contributed by atoms with E-state index in [1.165, 1.54) is 11.1 Å². The fourth-order valence-electron chi connectivity index (χ4n) is 2.92. The molecule has 0 amide bonds. The van der Waals surface area contributed by atoms with Crippen LogP contribution in [0.1, 0.15) is 11.1 Å². The Kier molecular flexibility index (Phi) is 5.77. The second-order valence-electron chi connectivity index (χ2n) is 6.03. The third-order valence-corrected chi connectivity index (χ3v) is 4.30. The van der Waals surface area contributed by atoms with Gasteiger partial charge in [0, 0.05) is 20.0 Å². The van der Waals surface area contributed by atoms with Gasteiger partial charge in [0.15, 0.2) is 5.96 Å². The number of guanidine groups is 1. The number of ether oxygens (including phenoxy) is 2. The first kappa shape index (κ1) is 17.1. The average molecular weight is 339 g/mol. The topological polar surface area (TPSA) is 54.9 Å². The molecule has 2 N–H and O–H groups in total. The minimum absolute atomic E-state index is 0.150. The van der Waals surface area contributed by atoms with Crippen molar-refractivity contribution >= 4 is 5.96 Å². The van der Waals surface area contributed by atoms with Gasteiger partial charge in [-0.2, -0.15) is 0 Å². The molecule has 2 aromatic rings. The zero-order valence-corrected chi connectivity index (χ0v) is 14.8. The highest BCUT2D eigenvalue weighted by Gasteiger charge is 2.22. The van der Waals surface area contributed by atoms with Crippen LogP contribution >= 0.6 is 0 Å². The van der Waals surface area contributed by atoms with Crippen molar-refractivity contribution in [2.75, 3.05) is 27.2 Å². The third-order valence-electron chi connectivity index (χ3n) is 4.30. The number of para-hydroxylation sites is 1. The summed E-state index contributed by atoms with van der Waals surface area (Å²) in [5, 5.41) is 6.69. The van der Waals surface area contributed by atoms with Crippen LogP contribution in [0, 0.1) is 0 Å². The smallest absolute Gasteiger partial charge is 0.191 e. The van der Waals surface area contributed by atoms with Crippen LogP contribution in [0.2, 0.25) is 0 Å². The van der Waals surface area contributed by atoms with Crippen LogP contribution in [0.4, 0.5) is 0 Å². The minimum atomic E-state index is 0.150. The molecule has 1 aliphatic rings. The molecule has 2 aromatic carbocycles. The zero-order chi connectivity index (χ0) is 17.5. The Labute approximate surface area is 149 Å². The highest BCUT2D eigenvalue weighted by Crippen LogP contribution is 2.27. The van der Waals surface area contributed by atoms with Crippen LogP contribution in [0.5, 0.6) is 11.5 Å². The summed E-state index contributed by atoms with van der Waals surface area (Å²) in [6.07, 6.45) is 2.01. The van der Waals surface area contributed by atoms with Crippen molar-refractivity contribution in [2.24, 2.45) is 4.99 Å². The predicted octanol–water partition coefficient (Wildman–Crippen LogP) is 2.41. The van der Waals surface area contributed by atoms with E-state index < -0.39 is 0 Å². The molecule has 5 heteroatoms. The molecule has 0 saturated carbocycles. The number of fused-ring (bicyclic) bond motifs is 1. The van der Waals surface area contributed by atoms with Crippen LogP contribution in [0.15, 0.2) is 53.5 Å². The maximum atomic E-state index is 5.94. The SMILES string of the molecule is CN=C(NCCc1ccc(OC)cc1)NCC1Cc2ccccc2O1. The Bertz CT molecular complexity index is 688. The normalized spacial score (nSPS) is 16.1. The van der Waals surface area contributed by atoms with Crippen molar-refractivity contribution < 1.29 is 9.47 Å². The van der Waals surface area contributed by atoms with Gasteiger partial charge >= 0.3 is 0 Å². The van der Waals surface area contributed by atoms with Gasteiger partial charge in [-0.25, -0.2) is 0 Å². The molecule has 0 spiro atoms. The predicted molar refractivity (Wildman–Crippen MR) is 101 cm³/mol. The summed E-state index contributed by atoms with van der Waals surface area (Å²) in [6, 6.07) is 16.3. The molecule has 1 aliphatic heterocycles. The lowest BCUT2D eigenvalue weighted by Gasteiger charge is -2.15. The van der Waals surface area contributed by atoms with E-state index in [1.54, 1.807) is 14.2 Å². The molecule has 25 heavy (non-hydrogen) atoms. The maximum Gasteiger partial charge on any atom is 0.191 e. The lowest BCUT2D eigenvalue weighted by Crippen LogP contribution is -2.42. The molecule has 0 radical (unpaired) electrons. The monoisotopic (exact) mass is 339 g/mol. The molecule has 0 aromatic heterocycles. The summed E-state index contributed by atoms with van der Waals surface area (Å²) < 4.78 is 11.1. The number of benzene rings is 2. The van der Waals surface area contributed by atoms with E-state index in [-0.39, 0.29) is 6.10 Å². The standard InChI is InChI=1S/C20H25N3O2/c1-21-20(22-12-11-15-7-9-17(24-2)10-8-15)23-14-18-13-16-5-3-4-6-19(16)25-18/h3-10,18H,11-14H2,1-2H3,(H2,21,22,23). The molecule has 0 saturated heterocycles. The summed E-state index contributed by atoms with van der Waals surface area (Å²) in [5.41, 5.74) is 2.54. The highest BCUT2D eigenvalue weighted by atomic mass is 16.5. The molecule has 0 fully saturated rings. The molecule has 132 valence electrons. The van der Waals surface area contributed by atoms with Gasteiger partial charge in [0.05, 0.1) is 13.7 Å². The zero-order valence-electron chi connectivity index (χ0n) is 14.8. The second-order valence-corrected chi connectivity index (χ2v) is 6.03. The van der Waals surface area contributed by atoms with Crippen molar-refractivity contribution in [3.8, 4) is 11.5 Å². The van der Waals surface area contributed by atoms with Crippen LogP contribution in [-0.4, -0.2) is 39.3 Å². The molecule has 0 aliphatic carbocycles. The Morgan fingerprint density at radius 1 is 1.16 bits per heavy atom. The first-order chi connectivity index (χ1) is 12.3. The minimum Gasteiger partial charge on any atom is -0.497 e. The van der Waals surface area contributed by atoms with Crippen LogP contribution in [-0.2, 0) is 12.8 Å². The second kappa shape index (κ2) is 8.42. The molecular weight excluding hydrogens is 314 g/mol. The van der Waals surface area contributed by atoms with Gasteiger partial charge in [-0.05, 0) is 35.7 Å². The Morgan fingerprint density at radius 3 is 2.68 bits per heavy atom. The Hall–Kier alpha value is -2.69. The fourth-order valence-corrected chi connectivity index (χ4v) is 2.92. The first-order valence-corrected chi connectivity index (χ1v) is 8.60. The summed E-state index contributed by atoms with van der Waals surface area (Å²) in [5.74, 6) is 2.68. The molecule has 1 unspecified atom stereocenters. The van der Waals surface area contributed by atoms with Gasteiger partial charge in [0.1, 0.15) is 17.6 Å². The van der Waals surface area contributed by atoms with E-state index in [0.717, 1.165) is 43.4 Å².